The molecule has 1 fully saturated rings. The van der Waals surface area contributed by atoms with Crippen LogP contribution in [0.5, 0.6) is 11.5 Å². The van der Waals surface area contributed by atoms with Crippen molar-refractivity contribution in [1.29, 1.82) is 0 Å². The number of hydrogen-bond donors (Lipinski definition) is 2. The summed E-state index contributed by atoms with van der Waals surface area (Å²) in [4.78, 5) is 15.1. The van der Waals surface area contributed by atoms with E-state index in [-0.39, 0.29) is 23.4 Å². The van der Waals surface area contributed by atoms with Gasteiger partial charge in [0.25, 0.3) is 5.69 Å². The normalized spacial score (nSPS) is 15.5. The number of aromatic hydroxyl groups is 2. The van der Waals surface area contributed by atoms with E-state index in [9.17, 15) is 20.3 Å². The Morgan fingerprint density at radius 3 is 1.70 bits per heavy atom. The maximum absolute atomic E-state index is 11.0. The second-order valence-corrected chi connectivity index (χ2v) is 7.42. The van der Waals surface area contributed by atoms with Crippen molar-refractivity contribution in [2.24, 2.45) is 0 Å². The minimum absolute atomic E-state index is 0.0521. The second-order valence-electron chi connectivity index (χ2n) is 7.42. The van der Waals surface area contributed by atoms with Crippen molar-refractivity contribution >= 4 is 5.69 Å². The number of para-hydroxylation sites is 2. The molecule has 30 heavy (non-hydrogen) atoms. The van der Waals surface area contributed by atoms with Crippen LogP contribution >= 0.6 is 0 Å². The summed E-state index contributed by atoms with van der Waals surface area (Å²) in [6.07, 6.45) is -0.134. The zero-order valence-corrected chi connectivity index (χ0v) is 16.4. The van der Waals surface area contributed by atoms with Gasteiger partial charge >= 0.3 is 0 Å². The lowest BCUT2D eigenvalue weighted by Gasteiger charge is -2.31. The van der Waals surface area contributed by atoms with Crippen LogP contribution < -0.4 is 0 Å². The van der Waals surface area contributed by atoms with E-state index in [2.05, 4.69) is 9.80 Å². The monoisotopic (exact) mass is 405 g/mol. The first-order chi connectivity index (χ1) is 14.5. The van der Waals surface area contributed by atoms with E-state index in [1.54, 1.807) is 36.4 Å². The summed E-state index contributed by atoms with van der Waals surface area (Å²) >= 11 is 0. The van der Waals surface area contributed by atoms with Crippen LogP contribution in [0.15, 0.2) is 72.8 Å². The van der Waals surface area contributed by atoms with Crippen molar-refractivity contribution in [1.82, 2.24) is 9.80 Å². The minimum atomic E-state index is -0.405. The third-order valence-electron chi connectivity index (χ3n) is 5.50. The first kappa shape index (κ1) is 19.9. The van der Waals surface area contributed by atoms with Crippen LogP contribution in [0.2, 0.25) is 0 Å². The lowest BCUT2D eigenvalue weighted by molar-refractivity contribution is -0.384. The van der Waals surface area contributed by atoms with Gasteiger partial charge in [0.1, 0.15) is 11.5 Å². The fourth-order valence-electron chi connectivity index (χ4n) is 3.98. The Labute approximate surface area is 174 Å². The van der Waals surface area contributed by atoms with E-state index in [1.807, 2.05) is 24.3 Å². The number of nitro groups is 1. The Morgan fingerprint density at radius 2 is 1.27 bits per heavy atom. The van der Waals surface area contributed by atoms with Gasteiger partial charge in [-0.15, -0.1) is 0 Å². The summed E-state index contributed by atoms with van der Waals surface area (Å²) in [6, 6.07) is 21.1. The fraction of sp³-hybridized carbons (Fsp3) is 0.217. The molecular weight excluding hydrogens is 382 g/mol. The maximum Gasteiger partial charge on any atom is 0.269 e. The largest absolute Gasteiger partial charge is 0.508 e. The number of nitrogens with zero attached hydrogens (tertiary/aromatic N) is 3. The number of hydrogen-bond acceptors (Lipinski definition) is 6. The Bertz CT molecular complexity index is 983. The molecule has 0 amide bonds. The van der Waals surface area contributed by atoms with Gasteiger partial charge in [0.2, 0.25) is 0 Å². The highest BCUT2D eigenvalue weighted by molar-refractivity contribution is 5.36. The summed E-state index contributed by atoms with van der Waals surface area (Å²) in [5, 5.41) is 31.5. The van der Waals surface area contributed by atoms with Gasteiger partial charge in [-0.05, 0) is 29.8 Å². The summed E-state index contributed by atoms with van der Waals surface area (Å²) in [7, 11) is 0. The van der Waals surface area contributed by atoms with Gasteiger partial charge in [0.15, 0.2) is 0 Å². The van der Waals surface area contributed by atoms with Gasteiger partial charge in [0.05, 0.1) is 11.1 Å². The number of rotatable bonds is 6. The lowest BCUT2D eigenvalue weighted by atomic mass is 10.1. The number of phenols is 2. The summed E-state index contributed by atoms with van der Waals surface area (Å²) in [5.74, 6) is 0.498. The quantitative estimate of drug-likeness (QED) is 0.476. The van der Waals surface area contributed by atoms with Gasteiger partial charge < -0.3 is 10.2 Å². The molecule has 0 bridgehead atoms. The van der Waals surface area contributed by atoms with Crippen LogP contribution in [-0.2, 0) is 13.1 Å². The molecule has 1 heterocycles. The van der Waals surface area contributed by atoms with Gasteiger partial charge in [-0.3, -0.25) is 19.9 Å². The molecule has 4 rings (SSSR count). The smallest absolute Gasteiger partial charge is 0.269 e. The molecule has 0 unspecified atom stereocenters. The SMILES string of the molecule is O=[N+]([O-])c1ccc(C2N(Cc3ccccc3O)CCN2Cc2ccccc2O)cc1. The first-order valence-corrected chi connectivity index (χ1v) is 9.79. The molecule has 0 aliphatic carbocycles. The van der Waals surface area contributed by atoms with Crippen molar-refractivity contribution in [3.05, 3.63) is 99.6 Å². The summed E-state index contributed by atoms with van der Waals surface area (Å²) < 4.78 is 0. The maximum atomic E-state index is 11.0. The van der Waals surface area contributed by atoms with Crippen molar-refractivity contribution in [2.75, 3.05) is 13.1 Å². The van der Waals surface area contributed by atoms with Crippen molar-refractivity contribution in [3.8, 4) is 11.5 Å². The molecule has 0 spiro atoms. The van der Waals surface area contributed by atoms with E-state index in [0.29, 0.717) is 13.1 Å². The van der Waals surface area contributed by atoms with Gasteiger partial charge in [-0.2, -0.15) is 0 Å². The molecule has 1 saturated heterocycles. The molecule has 154 valence electrons. The predicted molar refractivity (Wildman–Crippen MR) is 113 cm³/mol. The highest BCUT2D eigenvalue weighted by Gasteiger charge is 2.34. The van der Waals surface area contributed by atoms with Crippen LogP contribution in [0.1, 0.15) is 22.9 Å². The summed E-state index contributed by atoms with van der Waals surface area (Å²) in [6.45, 7) is 2.63. The summed E-state index contributed by atoms with van der Waals surface area (Å²) in [5.41, 5.74) is 2.64. The van der Waals surface area contributed by atoms with Crippen molar-refractivity contribution in [2.45, 2.75) is 19.3 Å². The Hall–Kier alpha value is -3.42. The Balaban J connectivity index is 1.65. The van der Waals surface area contributed by atoms with Crippen LogP contribution in [-0.4, -0.2) is 38.0 Å². The zero-order valence-electron chi connectivity index (χ0n) is 16.4. The number of non-ortho nitro benzene ring substituents is 1. The van der Waals surface area contributed by atoms with E-state index >= 15 is 0 Å². The molecular formula is C23H23N3O4. The molecule has 0 radical (unpaired) electrons. The third-order valence-corrected chi connectivity index (χ3v) is 5.50. The van der Waals surface area contributed by atoms with Crippen molar-refractivity contribution in [3.63, 3.8) is 0 Å². The van der Waals surface area contributed by atoms with E-state index in [0.717, 1.165) is 29.8 Å². The number of benzene rings is 3. The predicted octanol–water partition coefficient (Wildman–Crippen LogP) is 4.02. The molecule has 3 aromatic carbocycles. The van der Waals surface area contributed by atoms with Gasteiger partial charge in [0, 0.05) is 49.4 Å². The molecule has 2 N–H and O–H groups in total. The average molecular weight is 405 g/mol. The zero-order chi connectivity index (χ0) is 21.1. The molecule has 7 heteroatoms. The van der Waals surface area contributed by atoms with Crippen molar-refractivity contribution < 1.29 is 15.1 Å². The number of nitro benzene ring substituents is 1. The van der Waals surface area contributed by atoms with E-state index in [1.165, 1.54) is 12.1 Å². The molecule has 3 aromatic rings. The standard InChI is InChI=1S/C23H23N3O4/c27-21-7-3-1-5-18(21)15-24-13-14-25(16-19-6-2-4-8-22(19)28)23(24)17-9-11-20(12-10-17)26(29)30/h1-12,23,27-28H,13-16H2. The first-order valence-electron chi connectivity index (χ1n) is 9.79. The van der Waals surface area contributed by atoms with Gasteiger partial charge in [-0.25, -0.2) is 0 Å². The average Bonchev–Trinajstić information content (AvgIpc) is 3.13. The molecule has 1 aliphatic heterocycles. The van der Waals surface area contributed by atoms with Gasteiger partial charge in [-0.1, -0.05) is 36.4 Å². The Morgan fingerprint density at radius 1 is 0.800 bits per heavy atom. The Kier molecular flexibility index (Phi) is 5.65. The highest BCUT2D eigenvalue weighted by atomic mass is 16.6. The second kappa shape index (κ2) is 8.52. The van der Waals surface area contributed by atoms with E-state index in [4.69, 9.17) is 0 Å². The van der Waals surface area contributed by atoms with Crippen LogP contribution in [0.4, 0.5) is 5.69 Å². The topological polar surface area (TPSA) is 90.1 Å². The van der Waals surface area contributed by atoms with Crippen LogP contribution in [0, 0.1) is 10.1 Å². The minimum Gasteiger partial charge on any atom is -0.508 e. The molecule has 1 aliphatic rings. The van der Waals surface area contributed by atoms with Crippen LogP contribution in [0.3, 0.4) is 0 Å². The molecule has 0 atom stereocenters. The molecule has 7 nitrogen and oxygen atoms in total. The van der Waals surface area contributed by atoms with E-state index < -0.39 is 4.92 Å². The molecule has 0 saturated carbocycles. The van der Waals surface area contributed by atoms with Crippen LogP contribution in [0.25, 0.3) is 0 Å². The highest BCUT2D eigenvalue weighted by Crippen LogP contribution is 2.35. The fourth-order valence-corrected chi connectivity index (χ4v) is 3.98. The third kappa shape index (κ3) is 4.12. The molecule has 0 aromatic heterocycles. The lowest BCUT2D eigenvalue weighted by Crippen LogP contribution is -2.30. The number of phenolic OH excluding ortho intramolecular Hbond substituents is 2.